The molecule has 0 aliphatic carbocycles. The fraction of sp³-hybridized carbons (Fsp3) is 0.750. The lowest BCUT2D eigenvalue weighted by atomic mass is 9.78. The molecule has 5 nitrogen and oxygen atoms in total. The normalized spacial score (nSPS) is 29.1. The van der Waals surface area contributed by atoms with E-state index in [2.05, 4.69) is 0 Å². The number of likely N-dealkylation sites (tertiary alicyclic amines) is 1. The molecule has 1 rings (SSSR count). The van der Waals surface area contributed by atoms with Gasteiger partial charge >= 0.3 is 0 Å². The van der Waals surface area contributed by atoms with E-state index in [4.69, 9.17) is 10.8 Å². The van der Waals surface area contributed by atoms with E-state index >= 15 is 0 Å². The molecule has 0 aromatic rings. The van der Waals surface area contributed by atoms with Gasteiger partial charge in [-0.3, -0.25) is 9.59 Å². The Kier molecular flexibility index (Phi) is 2.56. The summed E-state index contributed by atoms with van der Waals surface area (Å²) in [7, 11) is 1.67. The molecule has 1 atom stereocenters. The summed E-state index contributed by atoms with van der Waals surface area (Å²) in [5.74, 6) is -0.726. The third-order valence-corrected chi connectivity index (χ3v) is 2.67. The lowest BCUT2D eigenvalue weighted by Gasteiger charge is -2.36. The van der Waals surface area contributed by atoms with Crippen molar-refractivity contribution in [2.24, 2.45) is 11.1 Å². The molecular formula is C8H14N2O3. The minimum Gasteiger partial charge on any atom is -0.395 e. The highest BCUT2D eigenvalue weighted by molar-refractivity contribution is 5.89. The summed E-state index contributed by atoms with van der Waals surface area (Å²) in [5.41, 5.74) is 4.13. The molecule has 1 unspecified atom stereocenters. The number of piperidine rings is 1. The number of carbonyl (C=O) groups is 2. The zero-order chi connectivity index (χ0) is 10.1. The molecule has 0 spiro atoms. The molecule has 1 heterocycles. The van der Waals surface area contributed by atoms with E-state index < -0.39 is 11.3 Å². The number of aliphatic hydroxyl groups excluding tert-OH is 1. The smallest absolute Gasteiger partial charge is 0.226 e. The van der Waals surface area contributed by atoms with Crippen LogP contribution in [0.4, 0.5) is 0 Å². The number of carbonyl (C=O) groups excluding carboxylic acids is 2. The summed E-state index contributed by atoms with van der Waals surface area (Å²) >= 11 is 0. The SMILES string of the molecule is CN1CCC(CO)(C(N)=O)CC1=O. The second kappa shape index (κ2) is 3.33. The molecule has 0 saturated carbocycles. The van der Waals surface area contributed by atoms with Gasteiger partial charge in [-0.2, -0.15) is 0 Å². The maximum Gasteiger partial charge on any atom is 0.226 e. The summed E-state index contributed by atoms with van der Waals surface area (Å²) in [6, 6.07) is 0. The second-order valence-electron chi connectivity index (χ2n) is 3.54. The van der Waals surface area contributed by atoms with Crippen molar-refractivity contribution in [3.05, 3.63) is 0 Å². The van der Waals surface area contributed by atoms with Gasteiger partial charge < -0.3 is 15.7 Å². The van der Waals surface area contributed by atoms with Crippen molar-refractivity contribution >= 4 is 11.8 Å². The molecule has 0 aromatic carbocycles. The Labute approximate surface area is 76.5 Å². The van der Waals surface area contributed by atoms with E-state index in [1.54, 1.807) is 7.05 Å². The number of amides is 2. The average Bonchev–Trinajstić information content (AvgIpc) is 2.09. The van der Waals surface area contributed by atoms with E-state index in [1.165, 1.54) is 4.90 Å². The van der Waals surface area contributed by atoms with Gasteiger partial charge in [-0.15, -0.1) is 0 Å². The highest BCUT2D eigenvalue weighted by Gasteiger charge is 2.42. The molecule has 1 saturated heterocycles. The number of hydrogen-bond donors (Lipinski definition) is 2. The minimum atomic E-state index is -1.02. The standard InChI is InChI=1S/C8H14N2O3/c1-10-3-2-8(5-11,7(9)13)4-6(10)12/h11H,2-5H2,1H3,(H2,9,13). The summed E-state index contributed by atoms with van der Waals surface area (Å²) < 4.78 is 0. The Morgan fingerprint density at radius 1 is 1.77 bits per heavy atom. The average molecular weight is 186 g/mol. The number of primary amides is 1. The fourth-order valence-corrected chi connectivity index (χ4v) is 1.44. The number of aliphatic hydroxyl groups is 1. The van der Waals surface area contributed by atoms with E-state index in [1.807, 2.05) is 0 Å². The van der Waals surface area contributed by atoms with Gasteiger partial charge in [-0.25, -0.2) is 0 Å². The first-order chi connectivity index (χ1) is 6.02. The van der Waals surface area contributed by atoms with Crippen LogP contribution in [-0.4, -0.2) is 42.0 Å². The zero-order valence-electron chi connectivity index (χ0n) is 7.62. The molecule has 0 bridgehead atoms. The van der Waals surface area contributed by atoms with Crippen LogP contribution in [0, 0.1) is 5.41 Å². The Hall–Kier alpha value is -1.10. The molecule has 5 heteroatoms. The van der Waals surface area contributed by atoms with Crippen molar-refractivity contribution in [3.63, 3.8) is 0 Å². The summed E-state index contributed by atoms with van der Waals surface area (Å²) in [5, 5.41) is 9.04. The van der Waals surface area contributed by atoms with Gasteiger partial charge in [0, 0.05) is 20.0 Å². The monoisotopic (exact) mass is 186 g/mol. The highest BCUT2D eigenvalue weighted by atomic mass is 16.3. The molecule has 1 aliphatic rings. The van der Waals surface area contributed by atoms with Crippen molar-refractivity contribution < 1.29 is 14.7 Å². The van der Waals surface area contributed by atoms with Crippen molar-refractivity contribution in [2.75, 3.05) is 20.2 Å². The Morgan fingerprint density at radius 2 is 2.38 bits per heavy atom. The van der Waals surface area contributed by atoms with Crippen LogP contribution < -0.4 is 5.73 Å². The van der Waals surface area contributed by atoms with E-state index in [-0.39, 0.29) is 18.9 Å². The number of nitrogens with zero attached hydrogens (tertiary/aromatic N) is 1. The number of hydrogen-bond acceptors (Lipinski definition) is 3. The van der Waals surface area contributed by atoms with Crippen LogP contribution in [-0.2, 0) is 9.59 Å². The van der Waals surface area contributed by atoms with Gasteiger partial charge in [0.1, 0.15) is 0 Å². The summed E-state index contributed by atoms with van der Waals surface area (Å²) in [6.45, 7) is 0.129. The predicted molar refractivity (Wildman–Crippen MR) is 45.6 cm³/mol. The lowest BCUT2D eigenvalue weighted by Crippen LogP contribution is -2.50. The van der Waals surface area contributed by atoms with E-state index in [9.17, 15) is 9.59 Å². The van der Waals surface area contributed by atoms with Gasteiger partial charge in [0.05, 0.1) is 12.0 Å². The largest absolute Gasteiger partial charge is 0.395 e. The maximum atomic E-state index is 11.3. The molecule has 0 radical (unpaired) electrons. The molecular weight excluding hydrogens is 172 g/mol. The zero-order valence-corrected chi connectivity index (χ0v) is 7.62. The molecule has 3 N–H and O–H groups in total. The molecule has 0 aromatic heterocycles. The first kappa shape index (κ1) is 9.98. The first-order valence-electron chi connectivity index (χ1n) is 4.16. The van der Waals surface area contributed by atoms with Crippen molar-refractivity contribution in [3.8, 4) is 0 Å². The second-order valence-corrected chi connectivity index (χ2v) is 3.54. The molecule has 13 heavy (non-hydrogen) atoms. The van der Waals surface area contributed by atoms with Gasteiger partial charge in [-0.05, 0) is 6.42 Å². The molecule has 74 valence electrons. The Balaban J connectivity index is 2.80. The van der Waals surface area contributed by atoms with Crippen LogP contribution in [0.5, 0.6) is 0 Å². The predicted octanol–water partition coefficient (Wildman–Crippen LogP) is -1.30. The topological polar surface area (TPSA) is 83.6 Å². The highest BCUT2D eigenvalue weighted by Crippen LogP contribution is 2.30. The Morgan fingerprint density at radius 3 is 2.77 bits per heavy atom. The third-order valence-electron chi connectivity index (χ3n) is 2.67. The van der Waals surface area contributed by atoms with E-state index in [0.29, 0.717) is 13.0 Å². The molecule has 1 aliphatic heterocycles. The van der Waals surface area contributed by atoms with Gasteiger partial charge in [-0.1, -0.05) is 0 Å². The number of nitrogens with two attached hydrogens (primary N) is 1. The minimum absolute atomic E-state index is 0.0231. The van der Waals surface area contributed by atoms with Crippen LogP contribution in [0.1, 0.15) is 12.8 Å². The molecule has 2 amide bonds. The van der Waals surface area contributed by atoms with Crippen LogP contribution >= 0.6 is 0 Å². The first-order valence-corrected chi connectivity index (χ1v) is 4.16. The Bertz CT molecular complexity index is 242. The van der Waals surface area contributed by atoms with E-state index in [0.717, 1.165) is 0 Å². The summed E-state index contributed by atoms with van der Waals surface area (Å²) in [4.78, 5) is 23.9. The van der Waals surface area contributed by atoms with Crippen LogP contribution in [0.25, 0.3) is 0 Å². The fourth-order valence-electron chi connectivity index (χ4n) is 1.44. The summed E-state index contributed by atoms with van der Waals surface area (Å²) in [6.07, 6.45) is 0.469. The number of rotatable bonds is 2. The quantitative estimate of drug-likeness (QED) is 0.562. The van der Waals surface area contributed by atoms with Crippen molar-refractivity contribution in [2.45, 2.75) is 12.8 Å². The molecule has 1 fully saturated rings. The third kappa shape index (κ3) is 1.65. The van der Waals surface area contributed by atoms with Gasteiger partial charge in [0.25, 0.3) is 0 Å². The van der Waals surface area contributed by atoms with Crippen LogP contribution in [0.2, 0.25) is 0 Å². The van der Waals surface area contributed by atoms with Crippen LogP contribution in [0.3, 0.4) is 0 Å². The van der Waals surface area contributed by atoms with Crippen molar-refractivity contribution in [1.29, 1.82) is 0 Å². The van der Waals surface area contributed by atoms with Gasteiger partial charge in [0.2, 0.25) is 11.8 Å². The van der Waals surface area contributed by atoms with Crippen LogP contribution in [0.15, 0.2) is 0 Å². The maximum absolute atomic E-state index is 11.3. The van der Waals surface area contributed by atoms with Gasteiger partial charge in [0.15, 0.2) is 0 Å². The van der Waals surface area contributed by atoms with Crippen molar-refractivity contribution in [1.82, 2.24) is 4.90 Å². The lowest BCUT2D eigenvalue weighted by molar-refractivity contribution is -0.146.